The Bertz CT molecular complexity index is 671. The van der Waals surface area contributed by atoms with E-state index in [9.17, 15) is 9.90 Å². The van der Waals surface area contributed by atoms with Gasteiger partial charge in [0.1, 0.15) is 5.75 Å². The molecule has 4 heteroatoms. The molecule has 3 unspecified atom stereocenters. The minimum Gasteiger partial charge on any atom is -0.480 e. The third kappa shape index (κ3) is 3.22. The first kappa shape index (κ1) is 15.6. The van der Waals surface area contributed by atoms with Crippen LogP contribution >= 0.6 is 0 Å². The lowest BCUT2D eigenvalue weighted by Crippen LogP contribution is -2.41. The predicted octanol–water partition coefficient (Wildman–Crippen LogP) is 2.79. The van der Waals surface area contributed by atoms with E-state index in [0.717, 1.165) is 16.9 Å². The number of aliphatic hydroxyl groups excluding tert-OH is 1. The van der Waals surface area contributed by atoms with E-state index in [0.29, 0.717) is 6.42 Å². The predicted molar refractivity (Wildman–Crippen MR) is 88.3 cm³/mol. The topological polar surface area (TPSA) is 58.6 Å². The Labute approximate surface area is 136 Å². The molecule has 1 aliphatic rings. The zero-order chi connectivity index (χ0) is 16.2. The Hall–Kier alpha value is -2.33. The summed E-state index contributed by atoms with van der Waals surface area (Å²) in [5.41, 5.74) is 2.05. The van der Waals surface area contributed by atoms with Crippen LogP contribution in [0, 0.1) is 0 Å². The number of rotatable bonds is 5. The van der Waals surface area contributed by atoms with Gasteiger partial charge in [0.05, 0.1) is 6.04 Å². The summed E-state index contributed by atoms with van der Waals surface area (Å²) in [4.78, 5) is 12.7. The minimum absolute atomic E-state index is 0.0109. The van der Waals surface area contributed by atoms with Crippen LogP contribution in [0.3, 0.4) is 0 Å². The lowest BCUT2D eigenvalue weighted by molar-refractivity contribution is -0.128. The quantitative estimate of drug-likeness (QED) is 0.892. The fraction of sp³-hybridized carbons (Fsp3) is 0.316. The van der Waals surface area contributed by atoms with Crippen molar-refractivity contribution in [2.24, 2.45) is 0 Å². The van der Waals surface area contributed by atoms with Gasteiger partial charge >= 0.3 is 0 Å². The molecule has 2 aromatic carbocycles. The van der Waals surface area contributed by atoms with E-state index in [1.54, 1.807) is 0 Å². The lowest BCUT2D eigenvalue weighted by Gasteiger charge is -2.22. The fourth-order valence-corrected chi connectivity index (χ4v) is 3.04. The smallest absolute Gasteiger partial charge is 0.262 e. The molecule has 23 heavy (non-hydrogen) atoms. The summed E-state index contributed by atoms with van der Waals surface area (Å²) in [6, 6.07) is 17.2. The number of ether oxygens (including phenoxy) is 1. The maximum Gasteiger partial charge on any atom is 0.262 e. The molecule has 2 aromatic rings. The standard InChI is InChI=1S/C19H21NO3/c1-13-15-9-5-6-10-17(15)23-18(13)19(22)20-16(11-12-21)14-7-3-2-4-8-14/h2-10,13,16,18,21H,11-12H2,1H3,(H,20,22). The van der Waals surface area contributed by atoms with Crippen LogP contribution in [0.1, 0.15) is 36.4 Å². The minimum atomic E-state index is -0.530. The van der Waals surface area contributed by atoms with Crippen molar-refractivity contribution in [3.05, 3.63) is 65.7 Å². The average molecular weight is 311 g/mol. The zero-order valence-corrected chi connectivity index (χ0v) is 13.1. The first-order chi connectivity index (χ1) is 11.2. The van der Waals surface area contributed by atoms with Gasteiger partial charge in [-0.05, 0) is 18.1 Å². The molecular formula is C19H21NO3. The summed E-state index contributed by atoms with van der Waals surface area (Å²) in [5.74, 6) is 0.645. The van der Waals surface area contributed by atoms with Crippen LogP contribution in [0.25, 0.3) is 0 Å². The second kappa shape index (κ2) is 6.84. The van der Waals surface area contributed by atoms with E-state index in [1.165, 1.54) is 0 Å². The van der Waals surface area contributed by atoms with Gasteiger partial charge in [-0.3, -0.25) is 4.79 Å². The third-order valence-electron chi connectivity index (χ3n) is 4.31. The van der Waals surface area contributed by atoms with Crippen LogP contribution in [-0.2, 0) is 4.79 Å². The summed E-state index contributed by atoms with van der Waals surface area (Å²) < 4.78 is 5.82. The van der Waals surface area contributed by atoms with Crippen molar-refractivity contribution in [1.29, 1.82) is 0 Å². The van der Waals surface area contributed by atoms with Gasteiger partial charge in [-0.15, -0.1) is 0 Å². The average Bonchev–Trinajstić information content (AvgIpc) is 2.93. The van der Waals surface area contributed by atoms with Crippen LogP contribution in [0.4, 0.5) is 0 Å². The number of hydrogen-bond acceptors (Lipinski definition) is 3. The highest BCUT2D eigenvalue weighted by Gasteiger charge is 2.36. The van der Waals surface area contributed by atoms with E-state index >= 15 is 0 Å². The summed E-state index contributed by atoms with van der Waals surface area (Å²) in [6.45, 7) is 2.01. The summed E-state index contributed by atoms with van der Waals surface area (Å²) >= 11 is 0. The molecule has 1 amide bonds. The van der Waals surface area contributed by atoms with Crippen molar-refractivity contribution >= 4 is 5.91 Å². The number of hydrogen-bond donors (Lipinski definition) is 2. The largest absolute Gasteiger partial charge is 0.480 e. The molecular weight excluding hydrogens is 290 g/mol. The molecule has 0 bridgehead atoms. The Balaban J connectivity index is 1.73. The van der Waals surface area contributed by atoms with E-state index in [4.69, 9.17) is 4.74 Å². The molecule has 0 aliphatic carbocycles. The van der Waals surface area contributed by atoms with Gasteiger partial charge < -0.3 is 15.2 Å². The normalized spacial score (nSPS) is 20.4. The van der Waals surface area contributed by atoms with Crippen LogP contribution in [-0.4, -0.2) is 23.7 Å². The molecule has 120 valence electrons. The molecule has 3 atom stereocenters. The van der Waals surface area contributed by atoms with Gasteiger partial charge in [0.2, 0.25) is 0 Å². The zero-order valence-electron chi connectivity index (χ0n) is 13.1. The molecule has 1 heterocycles. The molecule has 4 nitrogen and oxygen atoms in total. The third-order valence-corrected chi connectivity index (χ3v) is 4.31. The van der Waals surface area contributed by atoms with Crippen molar-refractivity contribution in [1.82, 2.24) is 5.32 Å². The SMILES string of the molecule is CC1c2ccccc2OC1C(=O)NC(CCO)c1ccccc1. The highest BCUT2D eigenvalue weighted by atomic mass is 16.5. The highest BCUT2D eigenvalue weighted by Crippen LogP contribution is 2.37. The number of para-hydroxylation sites is 1. The Kier molecular flexibility index (Phi) is 4.63. The monoisotopic (exact) mass is 311 g/mol. The summed E-state index contributed by atoms with van der Waals surface area (Å²) in [6.07, 6.45) is -0.0543. The number of aliphatic hydroxyl groups is 1. The molecule has 0 aromatic heterocycles. The van der Waals surface area contributed by atoms with Crippen molar-refractivity contribution in [3.8, 4) is 5.75 Å². The fourth-order valence-electron chi connectivity index (χ4n) is 3.04. The van der Waals surface area contributed by atoms with E-state index in [2.05, 4.69) is 5.32 Å². The molecule has 0 saturated heterocycles. The van der Waals surface area contributed by atoms with Crippen molar-refractivity contribution in [3.63, 3.8) is 0 Å². The van der Waals surface area contributed by atoms with Crippen LogP contribution < -0.4 is 10.1 Å². The maximum absolute atomic E-state index is 12.7. The first-order valence-corrected chi connectivity index (χ1v) is 7.92. The van der Waals surface area contributed by atoms with E-state index < -0.39 is 6.10 Å². The Morgan fingerprint density at radius 3 is 2.57 bits per heavy atom. The van der Waals surface area contributed by atoms with Crippen LogP contribution in [0.2, 0.25) is 0 Å². The number of carbonyl (C=O) groups excluding carboxylic acids is 1. The Morgan fingerprint density at radius 1 is 1.17 bits per heavy atom. The number of fused-ring (bicyclic) bond motifs is 1. The van der Waals surface area contributed by atoms with Gasteiger partial charge in [-0.2, -0.15) is 0 Å². The number of amides is 1. The molecule has 0 radical (unpaired) electrons. The highest BCUT2D eigenvalue weighted by molar-refractivity contribution is 5.83. The van der Waals surface area contributed by atoms with Crippen molar-refractivity contribution < 1.29 is 14.6 Å². The molecule has 0 saturated carbocycles. The van der Waals surface area contributed by atoms with Crippen molar-refractivity contribution in [2.45, 2.75) is 31.4 Å². The summed E-state index contributed by atoms with van der Waals surface area (Å²) in [7, 11) is 0. The number of carbonyl (C=O) groups is 1. The maximum atomic E-state index is 12.7. The number of benzene rings is 2. The molecule has 0 fully saturated rings. The lowest BCUT2D eigenvalue weighted by atomic mass is 9.96. The second-order valence-electron chi connectivity index (χ2n) is 5.85. The molecule has 1 aliphatic heterocycles. The van der Waals surface area contributed by atoms with Gasteiger partial charge in [0.15, 0.2) is 6.10 Å². The van der Waals surface area contributed by atoms with Crippen LogP contribution in [0.15, 0.2) is 54.6 Å². The van der Waals surface area contributed by atoms with E-state index in [1.807, 2.05) is 61.5 Å². The first-order valence-electron chi connectivity index (χ1n) is 7.92. The molecule has 0 spiro atoms. The summed E-state index contributed by atoms with van der Waals surface area (Å²) in [5, 5.41) is 12.3. The Morgan fingerprint density at radius 2 is 1.87 bits per heavy atom. The van der Waals surface area contributed by atoms with Gasteiger partial charge in [0.25, 0.3) is 5.91 Å². The second-order valence-corrected chi connectivity index (χ2v) is 5.85. The van der Waals surface area contributed by atoms with Gasteiger partial charge in [-0.25, -0.2) is 0 Å². The van der Waals surface area contributed by atoms with Crippen molar-refractivity contribution in [2.75, 3.05) is 6.61 Å². The van der Waals surface area contributed by atoms with Crippen LogP contribution in [0.5, 0.6) is 5.75 Å². The van der Waals surface area contributed by atoms with Gasteiger partial charge in [-0.1, -0.05) is 55.5 Å². The molecule has 2 N–H and O–H groups in total. The van der Waals surface area contributed by atoms with Gasteiger partial charge in [0, 0.05) is 18.1 Å². The number of nitrogens with one attached hydrogen (secondary N) is 1. The molecule has 3 rings (SSSR count). The van der Waals surface area contributed by atoms with E-state index in [-0.39, 0.29) is 24.5 Å².